The van der Waals surface area contributed by atoms with E-state index in [2.05, 4.69) is 11.8 Å². The Morgan fingerprint density at radius 3 is 3.30 bits per heavy atom. The van der Waals surface area contributed by atoms with Crippen molar-refractivity contribution in [1.29, 1.82) is 5.41 Å². The first-order valence-corrected chi connectivity index (χ1v) is 3.04. The van der Waals surface area contributed by atoms with Crippen LogP contribution in [0.5, 0.6) is 0 Å². The highest BCUT2D eigenvalue weighted by molar-refractivity contribution is 6.06. The largest absolute Gasteiger partial charge is 0.303 e. The van der Waals surface area contributed by atoms with E-state index in [1.807, 2.05) is 0 Å². The number of nitrogens with one attached hydrogen (secondary N) is 1. The molecule has 0 radical (unpaired) electrons. The van der Waals surface area contributed by atoms with E-state index in [-0.39, 0.29) is 11.6 Å². The third kappa shape index (κ3) is 1.56. The van der Waals surface area contributed by atoms with Gasteiger partial charge >= 0.3 is 0 Å². The zero-order valence-electron chi connectivity index (χ0n) is 5.42. The summed E-state index contributed by atoms with van der Waals surface area (Å²) in [6.07, 6.45) is 4.66. The highest BCUT2D eigenvalue weighted by atomic mass is 16.1. The van der Waals surface area contributed by atoms with Crippen LogP contribution in [0.25, 0.3) is 0 Å². The van der Waals surface area contributed by atoms with Crippen molar-refractivity contribution < 1.29 is 4.79 Å². The van der Waals surface area contributed by atoms with Gasteiger partial charge in [0, 0.05) is 12.3 Å². The van der Waals surface area contributed by atoms with Gasteiger partial charge in [0.15, 0.2) is 0 Å². The molecule has 1 rings (SSSR count). The summed E-state index contributed by atoms with van der Waals surface area (Å²) in [5.41, 5.74) is 0.282. The van der Waals surface area contributed by atoms with E-state index in [9.17, 15) is 4.79 Å². The number of carbonyl (C=O) groups excluding carboxylic acids is 1. The lowest BCUT2D eigenvalue weighted by Crippen LogP contribution is -1.94. The van der Waals surface area contributed by atoms with Crippen LogP contribution in [-0.4, -0.2) is 12.0 Å². The van der Waals surface area contributed by atoms with Gasteiger partial charge in [-0.1, -0.05) is 12.0 Å². The molecule has 0 aromatic carbocycles. The second-order valence-corrected chi connectivity index (χ2v) is 2.08. The summed E-state index contributed by atoms with van der Waals surface area (Å²) in [4.78, 5) is 10.2. The molecule has 0 aromatic rings. The SMILES string of the molecule is N=C1C#CCC(C=O)C=C1. The highest BCUT2D eigenvalue weighted by Crippen LogP contribution is 2.02. The van der Waals surface area contributed by atoms with Gasteiger partial charge in [0.05, 0.1) is 0 Å². The van der Waals surface area contributed by atoms with Gasteiger partial charge in [-0.2, -0.15) is 0 Å². The van der Waals surface area contributed by atoms with Crippen LogP contribution in [0.3, 0.4) is 0 Å². The molecule has 1 unspecified atom stereocenters. The predicted molar refractivity (Wildman–Crippen MR) is 38.8 cm³/mol. The van der Waals surface area contributed by atoms with Gasteiger partial charge in [0.1, 0.15) is 12.0 Å². The summed E-state index contributed by atoms with van der Waals surface area (Å²) >= 11 is 0. The molecule has 2 nitrogen and oxygen atoms in total. The number of allylic oxidation sites excluding steroid dienone is 2. The Morgan fingerprint density at radius 2 is 2.60 bits per heavy atom. The molecule has 10 heavy (non-hydrogen) atoms. The maximum Gasteiger partial charge on any atom is 0.127 e. The number of hydrogen-bond donors (Lipinski definition) is 1. The van der Waals surface area contributed by atoms with E-state index in [0.29, 0.717) is 6.42 Å². The van der Waals surface area contributed by atoms with Crippen LogP contribution in [0.2, 0.25) is 0 Å². The van der Waals surface area contributed by atoms with Crippen molar-refractivity contribution in [3.8, 4) is 11.8 Å². The topological polar surface area (TPSA) is 40.9 Å². The number of rotatable bonds is 1. The van der Waals surface area contributed by atoms with Crippen molar-refractivity contribution in [2.24, 2.45) is 5.92 Å². The predicted octanol–water partition coefficient (Wildman–Crippen LogP) is 0.785. The van der Waals surface area contributed by atoms with Gasteiger partial charge in [-0.3, -0.25) is 5.41 Å². The third-order valence-electron chi connectivity index (χ3n) is 1.25. The fourth-order valence-electron chi connectivity index (χ4n) is 0.687. The molecule has 1 N–H and O–H groups in total. The number of hydrogen-bond acceptors (Lipinski definition) is 2. The maximum absolute atomic E-state index is 10.2. The van der Waals surface area contributed by atoms with E-state index in [4.69, 9.17) is 5.41 Å². The fraction of sp³-hybridized carbons (Fsp3) is 0.250. The van der Waals surface area contributed by atoms with Crippen molar-refractivity contribution in [3.05, 3.63) is 12.2 Å². The minimum Gasteiger partial charge on any atom is -0.303 e. The molecule has 0 spiro atoms. The van der Waals surface area contributed by atoms with Crippen LogP contribution in [0.1, 0.15) is 6.42 Å². The van der Waals surface area contributed by atoms with E-state index < -0.39 is 0 Å². The molecular weight excluding hydrogens is 126 g/mol. The number of aldehydes is 1. The van der Waals surface area contributed by atoms with Crippen LogP contribution in [0.15, 0.2) is 12.2 Å². The maximum atomic E-state index is 10.2. The minimum atomic E-state index is -0.115. The molecule has 0 fully saturated rings. The van der Waals surface area contributed by atoms with Crippen LogP contribution in [0, 0.1) is 23.2 Å². The highest BCUT2D eigenvalue weighted by Gasteiger charge is 2.01. The van der Waals surface area contributed by atoms with E-state index in [1.165, 1.54) is 0 Å². The molecule has 0 aliphatic heterocycles. The molecule has 1 aliphatic carbocycles. The molecule has 0 heterocycles. The molecule has 0 bridgehead atoms. The Kier molecular flexibility index (Phi) is 2.01. The molecular formula is C8H7NO. The van der Waals surface area contributed by atoms with Crippen molar-refractivity contribution in [1.82, 2.24) is 0 Å². The van der Waals surface area contributed by atoms with Crippen LogP contribution in [-0.2, 0) is 4.79 Å². The van der Waals surface area contributed by atoms with Gasteiger partial charge in [-0.05, 0) is 12.0 Å². The van der Waals surface area contributed by atoms with Crippen LogP contribution < -0.4 is 0 Å². The first-order chi connectivity index (χ1) is 4.83. The van der Waals surface area contributed by atoms with Crippen molar-refractivity contribution in [2.75, 3.05) is 0 Å². The Morgan fingerprint density at radius 1 is 1.80 bits per heavy atom. The Bertz CT molecular complexity index is 242. The molecule has 0 saturated heterocycles. The smallest absolute Gasteiger partial charge is 0.127 e. The van der Waals surface area contributed by atoms with Gasteiger partial charge in [-0.15, -0.1) is 0 Å². The van der Waals surface area contributed by atoms with Crippen molar-refractivity contribution >= 4 is 12.0 Å². The molecule has 0 amide bonds. The Hall–Kier alpha value is -1.36. The summed E-state index contributed by atoms with van der Waals surface area (Å²) in [5, 5.41) is 7.12. The van der Waals surface area contributed by atoms with Gasteiger partial charge < -0.3 is 4.79 Å². The minimum absolute atomic E-state index is 0.115. The zero-order chi connectivity index (χ0) is 7.40. The second kappa shape index (κ2) is 2.98. The average Bonchev–Trinajstić information content (AvgIpc) is 2.14. The summed E-state index contributed by atoms with van der Waals surface area (Å²) < 4.78 is 0. The third-order valence-corrected chi connectivity index (χ3v) is 1.25. The van der Waals surface area contributed by atoms with Gasteiger partial charge in [-0.25, -0.2) is 0 Å². The molecule has 0 aromatic heterocycles. The van der Waals surface area contributed by atoms with Crippen LogP contribution >= 0.6 is 0 Å². The number of carbonyl (C=O) groups is 1. The van der Waals surface area contributed by atoms with Gasteiger partial charge in [0.25, 0.3) is 0 Å². The van der Waals surface area contributed by atoms with E-state index in [1.54, 1.807) is 12.2 Å². The molecule has 50 valence electrons. The average molecular weight is 133 g/mol. The lowest BCUT2D eigenvalue weighted by atomic mass is 10.1. The van der Waals surface area contributed by atoms with Crippen molar-refractivity contribution in [3.63, 3.8) is 0 Å². The summed E-state index contributed by atoms with van der Waals surface area (Å²) in [7, 11) is 0. The summed E-state index contributed by atoms with van der Waals surface area (Å²) in [6, 6.07) is 0. The second-order valence-electron chi connectivity index (χ2n) is 2.08. The fourth-order valence-corrected chi connectivity index (χ4v) is 0.687. The van der Waals surface area contributed by atoms with Gasteiger partial charge in [0.2, 0.25) is 0 Å². The molecule has 2 heteroatoms. The normalized spacial score (nSPS) is 22.8. The lowest BCUT2D eigenvalue weighted by molar-refractivity contribution is -0.109. The van der Waals surface area contributed by atoms with Crippen LogP contribution in [0.4, 0.5) is 0 Å². The monoisotopic (exact) mass is 133 g/mol. The lowest BCUT2D eigenvalue weighted by Gasteiger charge is -1.92. The summed E-state index contributed by atoms with van der Waals surface area (Å²) in [5.74, 6) is 5.21. The first kappa shape index (κ1) is 6.76. The zero-order valence-corrected chi connectivity index (χ0v) is 5.42. The molecule has 1 aliphatic rings. The van der Waals surface area contributed by atoms with Crippen molar-refractivity contribution in [2.45, 2.75) is 6.42 Å². The van der Waals surface area contributed by atoms with E-state index >= 15 is 0 Å². The van der Waals surface area contributed by atoms with E-state index in [0.717, 1.165) is 6.29 Å². The quantitative estimate of drug-likeness (QED) is 0.417. The first-order valence-electron chi connectivity index (χ1n) is 3.04. The molecule has 0 saturated carbocycles. The summed E-state index contributed by atoms with van der Waals surface area (Å²) in [6.45, 7) is 0. The standard InChI is InChI=1S/C8H7NO/c9-8-3-1-2-7(6-10)4-5-8/h4-7,9H,2H2. The molecule has 1 atom stereocenters. The Labute approximate surface area is 59.4 Å². The Balaban J connectivity index is 2.76.